The Balaban J connectivity index is 1.68. The van der Waals surface area contributed by atoms with Gasteiger partial charge in [-0.05, 0) is 23.1 Å². The lowest BCUT2D eigenvalue weighted by atomic mass is 10.1. The van der Waals surface area contributed by atoms with Crippen molar-refractivity contribution in [2.24, 2.45) is 0 Å². The van der Waals surface area contributed by atoms with Gasteiger partial charge in [-0.3, -0.25) is 4.79 Å². The van der Waals surface area contributed by atoms with Crippen LogP contribution in [0.3, 0.4) is 0 Å². The Bertz CT molecular complexity index is 733. The predicted octanol–water partition coefficient (Wildman–Crippen LogP) is 3.54. The Morgan fingerprint density at radius 3 is 2.57 bits per heavy atom. The molecule has 23 heavy (non-hydrogen) atoms. The number of carbonyl (C=O) groups is 1. The third kappa shape index (κ3) is 4.40. The molecule has 6 heteroatoms. The standard InChI is InChI=1S/C17H15N3OS2/c21-15(12-23-17-18-9-5-10-19-17)20-16(14-8-4-11-22-14)13-6-2-1-3-7-13/h1-11,16H,12H2,(H,20,21)/t16-/m1/s1. The Kier molecular flexibility index (Phi) is 5.39. The Morgan fingerprint density at radius 2 is 1.87 bits per heavy atom. The maximum atomic E-state index is 12.3. The number of amides is 1. The van der Waals surface area contributed by atoms with Crippen LogP contribution in [0.1, 0.15) is 16.5 Å². The van der Waals surface area contributed by atoms with Crippen LogP contribution in [0, 0.1) is 0 Å². The van der Waals surface area contributed by atoms with E-state index in [1.54, 1.807) is 29.8 Å². The van der Waals surface area contributed by atoms with E-state index in [2.05, 4.69) is 15.3 Å². The van der Waals surface area contributed by atoms with Gasteiger partial charge >= 0.3 is 0 Å². The normalized spacial score (nSPS) is 11.8. The minimum Gasteiger partial charge on any atom is -0.344 e. The van der Waals surface area contributed by atoms with Gasteiger partial charge in [0.15, 0.2) is 5.16 Å². The van der Waals surface area contributed by atoms with E-state index in [9.17, 15) is 4.79 Å². The van der Waals surface area contributed by atoms with E-state index >= 15 is 0 Å². The van der Waals surface area contributed by atoms with Crippen LogP contribution in [0.5, 0.6) is 0 Å². The van der Waals surface area contributed by atoms with E-state index < -0.39 is 0 Å². The van der Waals surface area contributed by atoms with E-state index in [1.807, 2.05) is 47.8 Å². The molecule has 1 atom stereocenters. The number of aromatic nitrogens is 2. The molecule has 0 radical (unpaired) electrons. The highest BCUT2D eigenvalue weighted by Gasteiger charge is 2.17. The second kappa shape index (κ2) is 7.89. The number of nitrogens with one attached hydrogen (secondary N) is 1. The molecule has 1 amide bonds. The van der Waals surface area contributed by atoms with Gasteiger partial charge in [0.05, 0.1) is 11.8 Å². The van der Waals surface area contributed by atoms with Crippen LogP contribution in [0.15, 0.2) is 71.5 Å². The van der Waals surface area contributed by atoms with E-state index in [-0.39, 0.29) is 11.9 Å². The van der Waals surface area contributed by atoms with E-state index in [1.165, 1.54) is 11.8 Å². The number of hydrogen-bond acceptors (Lipinski definition) is 5. The summed E-state index contributed by atoms with van der Waals surface area (Å²) in [5, 5.41) is 5.73. The van der Waals surface area contributed by atoms with Crippen molar-refractivity contribution in [2.45, 2.75) is 11.2 Å². The molecule has 4 nitrogen and oxygen atoms in total. The molecular weight excluding hydrogens is 326 g/mol. The van der Waals surface area contributed by atoms with Crippen LogP contribution < -0.4 is 5.32 Å². The van der Waals surface area contributed by atoms with E-state index in [4.69, 9.17) is 0 Å². The third-order valence-corrected chi connectivity index (χ3v) is 4.95. The zero-order valence-electron chi connectivity index (χ0n) is 12.3. The van der Waals surface area contributed by atoms with Crippen molar-refractivity contribution in [1.82, 2.24) is 15.3 Å². The summed E-state index contributed by atoms with van der Waals surface area (Å²) in [4.78, 5) is 21.7. The van der Waals surface area contributed by atoms with Crippen LogP contribution in [-0.4, -0.2) is 21.6 Å². The number of nitrogens with zero attached hydrogens (tertiary/aromatic N) is 2. The highest BCUT2D eigenvalue weighted by Crippen LogP contribution is 2.26. The molecule has 0 spiro atoms. The van der Waals surface area contributed by atoms with Gasteiger partial charge in [0.2, 0.25) is 5.91 Å². The summed E-state index contributed by atoms with van der Waals surface area (Å²) >= 11 is 2.97. The fourth-order valence-electron chi connectivity index (χ4n) is 2.11. The van der Waals surface area contributed by atoms with E-state index in [0.29, 0.717) is 10.9 Å². The second-order valence-corrected chi connectivity index (χ2v) is 6.67. The molecular formula is C17H15N3OS2. The van der Waals surface area contributed by atoms with Gasteiger partial charge in [0, 0.05) is 17.3 Å². The molecule has 0 aliphatic rings. The minimum atomic E-state index is -0.124. The number of thioether (sulfide) groups is 1. The highest BCUT2D eigenvalue weighted by molar-refractivity contribution is 7.99. The average molecular weight is 341 g/mol. The summed E-state index contributed by atoms with van der Waals surface area (Å²) in [6.07, 6.45) is 3.34. The van der Waals surface area contributed by atoms with Gasteiger partial charge in [-0.1, -0.05) is 48.2 Å². The SMILES string of the molecule is O=C(CSc1ncccn1)N[C@H](c1ccccc1)c1cccs1. The monoisotopic (exact) mass is 341 g/mol. The first-order valence-corrected chi connectivity index (χ1v) is 8.97. The molecule has 0 saturated carbocycles. The van der Waals surface area contributed by atoms with Crippen LogP contribution in [-0.2, 0) is 4.79 Å². The molecule has 2 aromatic heterocycles. The third-order valence-electron chi connectivity index (χ3n) is 3.14. The van der Waals surface area contributed by atoms with Crippen molar-refractivity contribution in [3.05, 3.63) is 76.7 Å². The summed E-state index contributed by atoms with van der Waals surface area (Å²) in [6, 6.07) is 15.6. The molecule has 0 saturated heterocycles. The van der Waals surface area contributed by atoms with Crippen molar-refractivity contribution in [1.29, 1.82) is 0 Å². The zero-order valence-corrected chi connectivity index (χ0v) is 13.9. The zero-order chi connectivity index (χ0) is 15.9. The van der Waals surface area contributed by atoms with Crippen molar-refractivity contribution in [2.75, 3.05) is 5.75 Å². The van der Waals surface area contributed by atoms with Gasteiger partial charge in [0.25, 0.3) is 0 Å². The number of benzene rings is 1. The minimum absolute atomic E-state index is 0.0373. The van der Waals surface area contributed by atoms with Crippen LogP contribution >= 0.6 is 23.1 Å². The molecule has 0 aliphatic carbocycles. The first kappa shape index (κ1) is 15.7. The topological polar surface area (TPSA) is 54.9 Å². The van der Waals surface area contributed by atoms with Gasteiger partial charge in [-0.15, -0.1) is 11.3 Å². The molecule has 1 N–H and O–H groups in total. The Hall–Kier alpha value is -2.18. The molecule has 0 bridgehead atoms. The largest absolute Gasteiger partial charge is 0.344 e. The lowest BCUT2D eigenvalue weighted by molar-refractivity contribution is -0.119. The summed E-state index contributed by atoms with van der Waals surface area (Å²) in [5.41, 5.74) is 1.07. The molecule has 0 unspecified atom stereocenters. The van der Waals surface area contributed by atoms with Crippen molar-refractivity contribution in [3.63, 3.8) is 0 Å². The fraction of sp³-hybridized carbons (Fsp3) is 0.118. The van der Waals surface area contributed by atoms with Crippen LogP contribution in [0.25, 0.3) is 0 Å². The maximum Gasteiger partial charge on any atom is 0.231 e. The number of carbonyl (C=O) groups excluding carboxylic acids is 1. The van der Waals surface area contributed by atoms with Crippen molar-refractivity contribution >= 4 is 29.0 Å². The fourth-order valence-corrected chi connectivity index (χ4v) is 3.53. The quantitative estimate of drug-likeness (QED) is 0.550. The predicted molar refractivity (Wildman–Crippen MR) is 93.5 cm³/mol. The smallest absolute Gasteiger partial charge is 0.231 e. The molecule has 1 aromatic carbocycles. The summed E-state index contributed by atoms with van der Waals surface area (Å²) in [6.45, 7) is 0. The van der Waals surface area contributed by atoms with Gasteiger partial charge in [-0.2, -0.15) is 0 Å². The van der Waals surface area contributed by atoms with Gasteiger partial charge in [0.1, 0.15) is 0 Å². The second-order valence-electron chi connectivity index (χ2n) is 4.75. The summed E-state index contributed by atoms with van der Waals surface area (Å²) in [5.74, 6) is 0.253. The summed E-state index contributed by atoms with van der Waals surface area (Å²) < 4.78 is 0. The van der Waals surface area contributed by atoms with Crippen LogP contribution in [0.4, 0.5) is 0 Å². The highest BCUT2D eigenvalue weighted by atomic mass is 32.2. The molecule has 3 rings (SSSR count). The average Bonchev–Trinajstić information content (AvgIpc) is 3.14. The molecule has 3 aromatic rings. The number of thiophene rings is 1. The first-order chi connectivity index (χ1) is 11.3. The van der Waals surface area contributed by atoms with E-state index in [0.717, 1.165) is 10.4 Å². The van der Waals surface area contributed by atoms with Crippen molar-refractivity contribution in [3.8, 4) is 0 Å². The lowest BCUT2D eigenvalue weighted by Gasteiger charge is -2.18. The first-order valence-electron chi connectivity index (χ1n) is 7.10. The van der Waals surface area contributed by atoms with Gasteiger partial charge in [-0.25, -0.2) is 9.97 Å². The maximum absolute atomic E-state index is 12.3. The Morgan fingerprint density at radius 1 is 1.09 bits per heavy atom. The van der Waals surface area contributed by atoms with Crippen molar-refractivity contribution < 1.29 is 4.79 Å². The molecule has 0 fully saturated rings. The number of rotatable bonds is 6. The lowest BCUT2D eigenvalue weighted by Crippen LogP contribution is -2.30. The molecule has 0 aliphatic heterocycles. The summed E-state index contributed by atoms with van der Waals surface area (Å²) in [7, 11) is 0. The molecule has 2 heterocycles. The Labute approximate surface area is 143 Å². The van der Waals surface area contributed by atoms with Crippen LogP contribution in [0.2, 0.25) is 0 Å². The number of hydrogen-bond donors (Lipinski definition) is 1. The molecule has 116 valence electrons. The van der Waals surface area contributed by atoms with Gasteiger partial charge < -0.3 is 5.32 Å².